The van der Waals surface area contributed by atoms with Crippen LogP contribution in [0.15, 0.2) is 5.38 Å². The zero-order chi connectivity index (χ0) is 10.9. The number of thiazole rings is 1. The molecule has 1 heterocycles. The van der Waals surface area contributed by atoms with Gasteiger partial charge in [0.2, 0.25) is 0 Å². The fraction of sp³-hybridized carbons (Fsp3) is 0.600. The van der Waals surface area contributed by atoms with Gasteiger partial charge < -0.3 is 0 Å². The average molecular weight is 276 g/mol. The lowest BCUT2D eigenvalue weighted by Gasteiger charge is -2.23. The predicted octanol–water partition coefficient (Wildman–Crippen LogP) is 3.83. The summed E-state index contributed by atoms with van der Waals surface area (Å²) in [5, 5.41) is 2.79. The second-order valence-electron chi connectivity index (χ2n) is 4.36. The van der Waals surface area contributed by atoms with Crippen molar-refractivity contribution in [2.24, 2.45) is 5.41 Å². The topological polar surface area (TPSA) is 30.0 Å². The number of alkyl halides is 1. The Balaban J connectivity index is 2.92. The third-order valence-electron chi connectivity index (χ3n) is 1.86. The summed E-state index contributed by atoms with van der Waals surface area (Å²) in [7, 11) is 0. The molecule has 1 rings (SSSR count). The van der Waals surface area contributed by atoms with E-state index in [0.717, 1.165) is 5.01 Å². The van der Waals surface area contributed by atoms with E-state index in [1.165, 1.54) is 11.3 Å². The van der Waals surface area contributed by atoms with Crippen molar-refractivity contribution in [3.8, 4) is 0 Å². The van der Waals surface area contributed by atoms with E-state index in [1.54, 1.807) is 6.92 Å². The van der Waals surface area contributed by atoms with E-state index in [-0.39, 0.29) is 16.0 Å². The maximum atomic E-state index is 11.1. The smallest absolute Gasteiger partial charge is 0.178 e. The van der Waals surface area contributed by atoms with Gasteiger partial charge in [0.15, 0.2) is 5.78 Å². The van der Waals surface area contributed by atoms with Crippen molar-refractivity contribution in [2.45, 2.75) is 32.5 Å². The van der Waals surface area contributed by atoms with Crippen LogP contribution in [0.4, 0.5) is 0 Å². The van der Waals surface area contributed by atoms with Crippen LogP contribution in [0.1, 0.15) is 48.0 Å². The Morgan fingerprint density at radius 1 is 1.57 bits per heavy atom. The third kappa shape index (κ3) is 2.64. The Labute approximate surface area is 96.9 Å². The molecule has 78 valence electrons. The van der Waals surface area contributed by atoms with Gasteiger partial charge in [0.1, 0.15) is 10.7 Å². The lowest BCUT2D eigenvalue weighted by Crippen LogP contribution is -2.12. The molecule has 4 heteroatoms. The van der Waals surface area contributed by atoms with Gasteiger partial charge in [-0.2, -0.15) is 0 Å². The van der Waals surface area contributed by atoms with Crippen LogP contribution < -0.4 is 0 Å². The molecule has 0 spiro atoms. The van der Waals surface area contributed by atoms with Gasteiger partial charge in [0.25, 0.3) is 0 Å². The number of ketones is 1. The average Bonchev–Trinajstić information content (AvgIpc) is 2.48. The summed E-state index contributed by atoms with van der Waals surface area (Å²) in [6, 6.07) is 0. The van der Waals surface area contributed by atoms with Gasteiger partial charge in [-0.25, -0.2) is 4.98 Å². The Bertz CT molecular complexity index is 340. The molecule has 0 radical (unpaired) electrons. The SMILES string of the molecule is CC(=O)c1csc(C(Br)C(C)(C)C)n1. The van der Waals surface area contributed by atoms with Crippen molar-refractivity contribution >= 4 is 33.0 Å². The number of Topliss-reactive ketones (excluding diaryl/α,β-unsaturated/α-hetero) is 1. The van der Waals surface area contributed by atoms with Crippen molar-refractivity contribution in [3.05, 3.63) is 16.1 Å². The number of halogens is 1. The van der Waals surface area contributed by atoms with E-state index in [2.05, 4.69) is 41.7 Å². The zero-order valence-corrected chi connectivity index (χ0v) is 11.2. The maximum Gasteiger partial charge on any atom is 0.178 e. The molecule has 0 N–H and O–H groups in total. The van der Waals surface area contributed by atoms with Crippen LogP contribution >= 0.6 is 27.3 Å². The third-order valence-corrected chi connectivity index (χ3v) is 4.88. The quantitative estimate of drug-likeness (QED) is 0.607. The van der Waals surface area contributed by atoms with E-state index in [4.69, 9.17) is 0 Å². The number of carbonyl (C=O) groups excluding carboxylic acids is 1. The highest BCUT2D eigenvalue weighted by Crippen LogP contribution is 2.41. The molecule has 0 aliphatic carbocycles. The Morgan fingerprint density at radius 2 is 2.14 bits per heavy atom. The number of hydrogen-bond donors (Lipinski definition) is 0. The number of nitrogens with zero attached hydrogens (tertiary/aromatic N) is 1. The van der Waals surface area contributed by atoms with Crippen molar-refractivity contribution in [1.82, 2.24) is 4.98 Å². The van der Waals surface area contributed by atoms with Crippen molar-refractivity contribution in [2.75, 3.05) is 0 Å². The van der Waals surface area contributed by atoms with Crippen molar-refractivity contribution in [1.29, 1.82) is 0 Å². The molecule has 0 aliphatic heterocycles. The molecule has 0 saturated carbocycles. The van der Waals surface area contributed by atoms with Crippen molar-refractivity contribution in [3.63, 3.8) is 0 Å². The Hall–Kier alpha value is -0.220. The molecule has 0 bridgehead atoms. The molecule has 1 atom stereocenters. The first-order valence-corrected chi connectivity index (χ1v) is 6.22. The highest BCUT2D eigenvalue weighted by Gasteiger charge is 2.26. The van der Waals surface area contributed by atoms with Gasteiger partial charge in [-0.3, -0.25) is 4.79 Å². The first kappa shape index (κ1) is 11.9. The minimum atomic E-state index is 0.0288. The van der Waals surface area contributed by atoms with Crippen molar-refractivity contribution < 1.29 is 4.79 Å². The molecule has 0 aliphatic rings. The molecule has 14 heavy (non-hydrogen) atoms. The van der Waals surface area contributed by atoms with E-state index < -0.39 is 0 Å². The standard InChI is InChI=1S/C10H14BrNOS/c1-6(13)7-5-14-9(12-7)8(11)10(2,3)4/h5,8H,1-4H3. The van der Waals surface area contributed by atoms with Crippen LogP contribution in [-0.4, -0.2) is 10.8 Å². The lowest BCUT2D eigenvalue weighted by atomic mass is 9.93. The van der Waals surface area contributed by atoms with Gasteiger partial charge in [-0.1, -0.05) is 36.7 Å². The number of aromatic nitrogens is 1. The summed E-state index contributed by atoms with van der Waals surface area (Å²) in [4.78, 5) is 15.6. The molecule has 2 nitrogen and oxygen atoms in total. The highest BCUT2D eigenvalue weighted by molar-refractivity contribution is 9.09. The maximum absolute atomic E-state index is 11.1. The fourth-order valence-electron chi connectivity index (χ4n) is 0.936. The largest absolute Gasteiger partial charge is 0.293 e. The Kier molecular flexibility index (Phi) is 3.48. The summed E-state index contributed by atoms with van der Waals surface area (Å²) in [5.41, 5.74) is 0.685. The van der Waals surface area contributed by atoms with Gasteiger partial charge in [-0.05, 0) is 5.41 Å². The van der Waals surface area contributed by atoms with E-state index >= 15 is 0 Å². The van der Waals surface area contributed by atoms with Crippen LogP contribution in [0, 0.1) is 5.41 Å². The van der Waals surface area contributed by atoms with E-state index in [1.807, 2.05) is 5.38 Å². The number of rotatable bonds is 2. The first-order chi connectivity index (χ1) is 6.32. The number of hydrogen-bond acceptors (Lipinski definition) is 3. The molecule has 1 aromatic heterocycles. The summed E-state index contributed by atoms with van der Waals surface area (Å²) in [6.45, 7) is 7.96. The summed E-state index contributed by atoms with van der Waals surface area (Å²) in [5.74, 6) is 0.0288. The summed E-state index contributed by atoms with van der Waals surface area (Å²) in [6.07, 6.45) is 0. The van der Waals surface area contributed by atoms with Gasteiger partial charge in [0.05, 0.1) is 4.83 Å². The second-order valence-corrected chi connectivity index (χ2v) is 6.16. The van der Waals surface area contributed by atoms with Gasteiger partial charge in [-0.15, -0.1) is 11.3 Å². The highest BCUT2D eigenvalue weighted by atomic mass is 79.9. The second kappa shape index (κ2) is 4.11. The van der Waals surface area contributed by atoms with Crippen LogP contribution in [0.25, 0.3) is 0 Å². The summed E-state index contributed by atoms with van der Waals surface area (Å²) < 4.78 is 0. The zero-order valence-electron chi connectivity index (χ0n) is 8.80. The molecule has 1 unspecified atom stereocenters. The van der Waals surface area contributed by atoms with Crippen LogP contribution in [0.2, 0.25) is 0 Å². The minimum absolute atomic E-state index is 0.0288. The van der Waals surface area contributed by atoms with E-state index in [9.17, 15) is 4.79 Å². The number of carbonyl (C=O) groups is 1. The molecular formula is C10H14BrNOS. The van der Waals surface area contributed by atoms with Crippen LogP contribution in [0.5, 0.6) is 0 Å². The van der Waals surface area contributed by atoms with Crippen LogP contribution in [0.3, 0.4) is 0 Å². The molecular weight excluding hydrogens is 262 g/mol. The predicted molar refractivity (Wildman–Crippen MR) is 63.2 cm³/mol. The van der Waals surface area contributed by atoms with E-state index in [0.29, 0.717) is 5.69 Å². The fourth-order valence-corrected chi connectivity index (χ4v) is 2.44. The molecule has 0 aromatic carbocycles. The monoisotopic (exact) mass is 275 g/mol. The Morgan fingerprint density at radius 3 is 2.50 bits per heavy atom. The van der Waals surface area contributed by atoms with Gasteiger partial charge in [0, 0.05) is 12.3 Å². The molecule has 0 saturated heterocycles. The summed E-state index contributed by atoms with van der Waals surface area (Å²) >= 11 is 5.14. The molecule has 0 amide bonds. The van der Waals surface area contributed by atoms with Gasteiger partial charge >= 0.3 is 0 Å². The lowest BCUT2D eigenvalue weighted by molar-refractivity contribution is 0.101. The first-order valence-electron chi connectivity index (χ1n) is 4.43. The molecule has 1 aromatic rings. The minimum Gasteiger partial charge on any atom is -0.293 e. The molecule has 0 fully saturated rings. The normalized spacial score (nSPS) is 14.1. The van der Waals surface area contributed by atoms with Crippen LogP contribution in [-0.2, 0) is 0 Å².